The van der Waals surface area contributed by atoms with Crippen molar-refractivity contribution in [2.24, 2.45) is 0 Å². The van der Waals surface area contributed by atoms with E-state index < -0.39 is 24.6 Å². The Morgan fingerprint density at radius 3 is 2.61 bits per heavy atom. The standard InChI is InChI=1S/C13H18O5/c1-16-13-12(15)11(14)10(8-18-13)17-7-9-5-3-2-4-6-9/h2-6,10-15H,7-8H2,1H3/t10-,11+,12-,13-/m1/s1. The van der Waals surface area contributed by atoms with Gasteiger partial charge in [-0.1, -0.05) is 30.3 Å². The normalized spacial score (nSPS) is 32.4. The van der Waals surface area contributed by atoms with E-state index in [9.17, 15) is 10.2 Å². The molecule has 0 aromatic heterocycles. The topological polar surface area (TPSA) is 68.2 Å². The molecule has 5 nitrogen and oxygen atoms in total. The first-order chi connectivity index (χ1) is 8.72. The van der Waals surface area contributed by atoms with Gasteiger partial charge in [-0.05, 0) is 5.56 Å². The first kappa shape index (κ1) is 13.5. The average Bonchev–Trinajstić information content (AvgIpc) is 2.42. The predicted octanol–water partition coefficient (Wildman–Crippen LogP) is 0.296. The number of aliphatic hydroxyl groups is 2. The van der Waals surface area contributed by atoms with E-state index in [-0.39, 0.29) is 6.61 Å². The molecule has 0 spiro atoms. The minimum atomic E-state index is -1.09. The van der Waals surface area contributed by atoms with Gasteiger partial charge in [-0.15, -0.1) is 0 Å². The third-order valence-electron chi connectivity index (χ3n) is 2.97. The van der Waals surface area contributed by atoms with Gasteiger partial charge in [0.15, 0.2) is 6.29 Å². The van der Waals surface area contributed by atoms with Crippen LogP contribution in [0.3, 0.4) is 0 Å². The zero-order chi connectivity index (χ0) is 13.0. The van der Waals surface area contributed by atoms with Crippen LogP contribution in [0.15, 0.2) is 30.3 Å². The lowest BCUT2D eigenvalue weighted by Crippen LogP contribution is -2.54. The average molecular weight is 254 g/mol. The van der Waals surface area contributed by atoms with Crippen molar-refractivity contribution in [3.05, 3.63) is 35.9 Å². The van der Waals surface area contributed by atoms with Crippen LogP contribution in [-0.2, 0) is 20.8 Å². The Morgan fingerprint density at radius 2 is 1.94 bits per heavy atom. The molecule has 1 aromatic rings. The summed E-state index contributed by atoms with van der Waals surface area (Å²) in [6, 6.07) is 9.63. The van der Waals surface area contributed by atoms with Crippen molar-refractivity contribution in [2.45, 2.75) is 31.2 Å². The second-order valence-corrected chi connectivity index (χ2v) is 4.25. The number of hydrogen-bond donors (Lipinski definition) is 2. The third kappa shape index (κ3) is 3.07. The van der Waals surface area contributed by atoms with E-state index in [1.807, 2.05) is 30.3 Å². The van der Waals surface area contributed by atoms with Crippen molar-refractivity contribution in [3.63, 3.8) is 0 Å². The zero-order valence-electron chi connectivity index (χ0n) is 10.2. The van der Waals surface area contributed by atoms with E-state index >= 15 is 0 Å². The van der Waals surface area contributed by atoms with Gasteiger partial charge in [-0.25, -0.2) is 0 Å². The number of methoxy groups -OCH3 is 1. The molecule has 0 radical (unpaired) electrons. The molecule has 0 aliphatic carbocycles. The molecule has 2 rings (SSSR count). The highest BCUT2D eigenvalue weighted by Gasteiger charge is 2.39. The maximum atomic E-state index is 9.88. The summed E-state index contributed by atoms with van der Waals surface area (Å²) in [5.41, 5.74) is 1.01. The fourth-order valence-electron chi connectivity index (χ4n) is 1.90. The van der Waals surface area contributed by atoms with E-state index in [1.54, 1.807) is 0 Å². The maximum absolute atomic E-state index is 9.88. The molecule has 4 atom stereocenters. The van der Waals surface area contributed by atoms with E-state index in [2.05, 4.69) is 0 Å². The summed E-state index contributed by atoms with van der Waals surface area (Å²) in [5, 5.41) is 19.6. The number of benzene rings is 1. The summed E-state index contributed by atoms with van der Waals surface area (Å²) < 4.78 is 15.7. The Bertz CT molecular complexity index is 356. The Balaban J connectivity index is 1.87. The van der Waals surface area contributed by atoms with Gasteiger partial charge in [-0.2, -0.15) is 0 Å². The first-order valence-corrected chi connectivity index (χ1v) is 5.88. The minimum absolute atomic E-state index is 0.198. The molecule has 1 aromatic carbocycles. The quantitative estimate of drug-likeness (QED) is 0.808. The third-order valence-corrected chi connectivity index (χ3v) is 2.97. The monoisotopic (exact) mass is 254 g/mol. The highest BCUT2D eigenvalue weighted by molar-refractivity contribution is 5.13. The number of rotatable bonds is 4. The van der Waals surface area contributed by atoms with Gasteiger partial charge in [0.25, 0.3) is 0 Å². The molecule has 0 amide bonds. The van der Waals surface area contributed by atoms with Gasteiger partial charge in [-0.3, -0.25) is 0 Å². The fraction of sp³-hybridized carbons (Fsp3) is 0.538. The van der Waals surface area contributed by atoms with Crippen LogP contribution in [0.2, 0.25) is 0 Å². The maximum Gasteiger partial charge on any atom is 0.185 e. The molecular formula is C13H18O5. The van der Waals surface area contributed by atoms with Crippen LogP contribution in [0.25, 0.3) is 0 Å². The van der Waals surface area contributed by atoms with Gasteiger partial charge >= 0.3 is 0 Å². The van der Waals surface area contributed by atoms with E-state index in [4.69, 9.17) is 14.2 Å². The molecule has 100 valence electrons. The summed E-state index contributed by atoms with van der Waals surface area (Å²) in [6.45, 7) is 0.569. The van der Waals surface area contributed by atoms with Crippen LogP contribution in [0.1, 0.15) is 5.56 Å². The summed E-state index contributed by atoms with van der Waals surface area (Å²) in [5.74, 6) is 0. The molecule has 1 fully saturated rings. The molecule has 1 saturated heterocycles. The van der Waals surface area contributed by atoms with Gasteiger partial charge in [0.05, 0.1) is 13.2 Å². The molecular weight excluding hydrogens is 236 g/mol. The van der Waals surface area contributed by atoms with Gasteiger partial charge in [0, 0.05) is 7.11 Å². The lowest BCUT2D eigenvalue weighted by atomic mass is 10.1. The first-order valence-electron chi connectivity index (χ1n) is 5.88. The van der Waals surface area contributed by atoms with Crippen LogP contribution in [0.4, 0.5) is 0 Å². The number of aliphatic hydroxyl groups excluding tert-OH is 2. The minimum Gasteiger partial charge on any atom is -0.387 e. The second-order valence-electron chi connectivity index (χ2n) is 4.25. The van der Waals surface area contributed by atoms with Crippen LogP contribution < -0.4 is 0 Å². The van der Waals surface area contributed by atoms with Crippen molar-refractivity contribution in [2.75, 3.05) is 13.7 Å². The highest BCUT2D eigenvalue weighted by atomic mass is 16.7. The van der Waals surface area contributed by atoms with Crippen LogP contribution >= 0.6 is 0 Å². The Hall–Kier alpha value is -0.980. The molecule has 0 unspecified atom stereocenters. The number of ether oxygens (including phenoxy) is 3. The van der Waals surface area contributed by atoms with E-state index in [0.29, 0.717) is 6.61 Å². The SMILES string of the molecule is CO[C@@H]1OC[C@@H](OCc2ccccc2)[C@H](O)[C@H]1O. The smallest absolute Gasteiger partial charge is 0.185 e. The summed E-state index contributed by atoms with van der Waals surface area (Å²) in [7, 11) is 1.42. The summed E-state index contributed by atoms with van der Waals surface area (Å²) >= 11 is 0. The van der Waals surface area contributed by atoms with Crippen LogP contribution in [0.5, 0.6) is 0 Å². The molecule has 1 aliphatic rings. The molecule has 1 heterocycles. The van der Waals surface area contributed by atoms with Gasteiger partial charge < -0.3 is 24.4 Å². The van der Waals surface area contributed by atoms with Gasteiger partial charge in [0.2, 0.25) is 0 Å². The molecule has 18 heavy (non-hydrogen) atoms. The second kappa shape index (κ2) is 6.26. The van der Waals surface area contributed by atoms with Crippen LogP contribution in [0, 0.1) is 0 Å². The molecule has 5 heteroatoms. The molecule has 0 bridgehead atoms. The molecule has 0 saturated carbocycles. The van der Waals surface area contributed by atoms with Crippen molar-refractivity contribution in [3.8, 4) is 0 Å². The number of hydrogen-bond acceptors (Lipinski definition) is 5. The summed E-state index contributed by atoms with van der Waals surface area (Å²) in [4.78, 5) is 0. The fourth-order valence-corrected chi connectivity index (χ4v) is 1.90. The van der Waals surface area contributed by atoms with E-state index in [1.165, 1.54) is 7.11 Å². The van der Waals surface area contributed by atoms with Crippen molar-refractivity contribution in [1.82, 2.24) is 0 Å². The largest absolute Gasteiger partial charge is 0.387 e. The lowest BCUT2D eigenvalue weighted by molar-refractivity contribution is -0.270. The summed E-state index contributed by atoms with van der Waals surface area (Å²) in [6.07, 6.45) is -3.44. The Labute approximate surface area is 106 Å². The lowest BCUT2D eigenvalue weighted by Gasteiger charge is -2.36. The predicted molar refractivity (Wildman–Crippen MR) is 63.8 cm³/mol. The highest BCUT2D eigenvalue weighted by Crippen LogP contribution is 2.19. The van der Waals surface area contributed by atoms with E-state index in [0.717, 1.165) is 5.56 Å². The Kier molecular flexibility index (Phi) is 4.68. The van der Waals surface area contributed by atoms with Gasteiger partial charge in [0.1, 0.15) is 18.3 Å². The Morgan fingerprint density at radius 1 is 1.22 bits per heavy atom. The zero-order valence-corrected chi connectivity index (χ0v) is 10.2. The van der Waals surface area contributed by atoms with Crippen molar-refractivity contribution >= 4 is 0 Å². The van der Waals surface area contributed by atoms with Crippen molar-refractivity contribution in [1.29, 1.82) is 0 Å². The molecule has 1 aliphatic heterocycles. The molecule has 2 N–H and O–H groups in total. The van der Waals surface area contributed by atoms with Crippen LogP contribution in [-0.4, -0.2) is 48.5 Å². The van der Waals surface area contributed by atoms with Crippen molar-refractivity contribution < 1.29 is 24.4 Å².